The van der Waals surface area contributed by atoms with E-state index in [0.717, 1.165) is 98.7 Å². The van der Waals surface area contributed by atoms with E-state index in [1.54, 1.807) is 138 Å². The maximum Gasteiger partial charge on any atom is 0.174 e. The van der Waals surface area contributed by atoms with Crippen molar-refractivity contribution in [1.29, 1.82) is 0 Å². The number of fused-ring (bicyclic) bond motifs is 10. The SMILES string of the molecule is CNc1cc2c(ccn2-c2c(F)c(-c3cccc(F)c3)nc3ccccc23)cn1.Cc1nc(N)cc2c1ccn2-c1nc(-c2ccccc2F)nc2ccccc12.Fc1ccccc1-c1nc(-n2ccc3c(NCc4ccccc4)nccc32)c2ccccc2n1.Nc1cc2c(ccn2-c2nc(-c3ccccc3F)nc3ccccc23)cn1.Nc1nccc2c1ccn2-c1c(F)c(-c2cccc(F)c2)nc2ccccc12. The molecule has 146 heavy (non-hydrogen) atoms. The monoisotopic (exact) mass is 1930 g/mol. The van der Waals surface area contributed by atoms with Crippen molar-refractivity contribution in [2.24, 2.45) is 0 Å². The van der Waals surface area contributed by atoms with Crippen LogP contribution in [0.3, 0.4) is 0 Å². The van der Waals surface area contributed by atoms with Crippen molar-refractivity contribution in [3.63, 3.8) is 0 Å². The van der Waals surface area contributed by atoms with Gasteiger partial charge in [-0.05, 0) is 164 Å². The largest absolute Gasteiger partial charge is 0.384 e. The minimum atomic E-state index is -0.530. The van der Waals surface area contributed by atoms with Gasteiger partial charge in [0.25, 0.3) is 0 Å². The van der Waals surface area contributed by atoms with E-state index in [2.05, 4.69) is 72.6 Å². The van der Waals surface area contributed by atoms with Crippen molar-refractivity contribution >= 4 is 138 Å². The molecule has 0 saturated heterocycles. The summed E-state index contributed by atoms with van der Waals surface area (Å²) in [6.45, 7) is 2.60. The van der Waals surface area contributed by atoms with Gasteiger partial charge in [0.15, 0.2) is 29.1 Å². The first-order chi connectivity index (χ1) is 71.4. The number of nitrogens with one attached hydrogen (secondary N) is 2. The van der Waals surface area contributed by atoms with Crippen LogP contribution in [-0.4, -0.2) is 94.7 Å². The molecule has 11 aromatic carbocycles. The van der Waals surface area contributed by atoms with E-state index in [0.29, 0.717) is 126 Å². The van der Waals surface area contributed by atoms with Crippen LogP contribution in [0.2, 0.25) is 0 Å². The van der Waals surface area contributed by atoms with Crippen LogP contribution >= 0.6 is 0 Å². The van der Waals surface area contributed by atoms with Crippen LogP contribution in [0.25, 0.3) is 195 Å². The van der Waals surface area contributed by atoms with Gasteiger partial charge in [0.05, 0.1) is 83.2 Å². The zero-order valence-corrected chi connectivity index (χ0v) is 77.6. The van der Waals surface area contributed by atoms with Crippen LogP contribution in [-0.2, 0) is 6.54 Å². The minimum absolute atomic E-state index is 0.0945. The summed E-state index contributed by atoms with van der Waals surface area (Å²) >= 11 is 0. The fourth-order valence-electron chi connectivity index (χ4n) is 18.0. The number of para-hydroxylation sites is 5. The van der Waals surface area contributed by atoms with Crippen LogP contribution in [0.4, 0.5) is 59.8 Å². The number of halogens is 7. The van der Waals surface area contributed by atoms with Crippen molar-refractivity contribution in [2.75, 3.05) is 34.9 Å². The van der Waals surface area contributed by atoms with Crippen LogP contribution in [0.5, 0.6) is 0 Å². The van der Waals surface area contributed by atoms with E-state index >= 15 is 8.78 Å². The summed E-state index contributed by atoms with van der Waals surface area (Å²) in [6, 6.07) is 98.1. The summed E-state index contributed by atoms with van der Waals surface area (Å²) in [5.41, 5.74) is 30.4. The van der Waals surface area contributed by atoms with Crippen molar-refractivity contribution < 1.29 is 30.7 Å². The van der Waals surface area contributed by atoms with Crippen molar-refractivity contribution in [2.45, 2.75) is 13.5 Å². The third-order valence-electron chi connectivity index (χ3n) is 25.0. The molecule has 0 bridgehead atoms. The average Bonchev–Trinajstić information content (AvgIpc) is 1.59. The molecule has 0 unspecified atom stereocenters. The van der Waals surface area contributed by atoms with E-state index in [1.165, 1.54) is 54.1 Å². The molecule has 0 aliphatic heterocycles. The standard InChI is InChI=1S/C28H20FN5.C23H16F2N4.C22H14F2N4.C22H16FN5.C21H14FN5/c29-23-12-6-4-10-20(23)27-32-24-13-7-5-11-21(24)28(33-27)34-17-15-22-25(34)14-16-30-26(22)31-18-19-8-2-1-3-9-19;1-26-20-12-19-15(13-27-20)9-10-29(19)23-17-7-2-3-8-18(17)28-22(21(23)25)14-5-4-6-16(24)11-14;23-14-5-3-4-13(12-14)20-19(24)21(15-6-1-2-7-17(15)27-20)28-11-9-16-18(28)8-10-26-22(16)25;1-13-14-10-11-28(19(14)12-20(24)25-13)22-16-7-3-5-9-18(16)26-21(27-22)15-6-2-4-8-17(15)23;22-16-7-3-1-5-14(16)20-25-17-8-4-2-6-15(17)21(26-20)27-10-9-13-12-24-19(23)11-18(13)27/h1-17H,18H2,(H,30,31);2-13H,1H3,(H,26,27);1-12H,(H2,25,26);2-12H,1H3,(H2,24,25);1-12H,(H2,23,24). The van der Waals surface area contributed by atoms with Gasteiger partial charge in [-0.2, -0.15) is 0 Å². The molecule has 26 aromatic rings. The second-order valence-corrected chi connectivity index (χ2v) is 34.0. The molecule has 15 heterocycles. The number of nitrogen functional groups attached to an aromatic ring is 3. The van der Waals surface area contributed by atoms with Crippen LogP contribution < -0.4 is 27.8 Å². The summed E-state index contributed by atoms with van der Waals surface area (Å²) in [5.74, 6) is 2.81. The number of nitrogens with two attached hydrogens (primary N) is 3. The maximum atomic E-state index is 15.9. The van der Waals surface area contributed by atoms with Gasteiger partial charge < -0.3 is 50.7 Å². The molecule has 26 rings (SSSR count). The van der Waals surface area contributed by atoms with Crippen molar-refractivity contribution in [3.8, 4) is 85.5 Å². The molecule has 15 aromatic heterocycles. The summed E-state index contributed by atoms with van der Waals surface area (Å²) in [6.07, 6.45) is 16.2. The van der Waals surface area contributed by atoms with Gasteiger partial charge >= 0.3 is 0 Å². The lowest BCUT2D eigenvalue weighted by molar-refractivity contribution is 0.617. The van der Waals surface area contributed by atoms with E-state index in [4.69, 9.17) is 32.2 Å². The Balaban J connectivity index is 0.000000104. The molecule has 708 valence electrons. The second-order valence-electron chi connectivity index (χ2n) is 34.0. The quantitative estimate of drug-likeness (QED) is 0.0632. The van der Waals surface area contributed by atoms with Gasteiger partial charge in [-0.15, -0.1) is 0 Å². The van der Waals surface area contributed by atoms with Crippen molar-refractivity contribution in [1.82, 2.24) is 87.6 Å². The lowest BCUT2D eigenvalue weighted by Gasteiger charge is -2.14. The smallest absolute Gasteiger partial charge is 0.174 e. The number of anilines is 5. The molecular formula is C116H80F7N23. The Bertz CT molecular complexity index is 9540. The first-order valence-corrected chi connectivity index (χ1v) is 46.2. The third kappa shape index (κ3) is 17.7. The summed E-state index contributed by atoms with van der Waals surface area (Å²) in [5, 5.41) is 14.9. The predicted molar refractivity (Wildman–Crippen MR) is 563 cm³/mol. The first kappa shape index (κ1) is 91.3. The Hall–Kier alpha value is -19.8. The number of hydrogen-bond donors (Lipinski definition) is 5. The zero-order valence-electron chi connectivity index (χ0n) is 77.6. The minimum Gasteiger partial charge on any atom is -0.384 e. The Morgan fingerprint density at radius 1 is 0.301 bits per heavy atom. The molecule has 0 spiro atoms. The van der Waals surface area contributed by atoms with Crippen molar-refractivity contribution in [3.05, 3.63) is 441 Å². The molecular weight excluding hydrogens is 1850 g/mol. The number of aromatic nitrogens is 18. The van der Waals surface area contributed by atoms with Crippen LogP contribution in [0.15, 0.2) is 389 Å². The second kappa shape index (κ2) is 39.1. The Kier molecular flexibility index (Phi) is 24.5. The Morgan fingerprint density at radius 2 is 0.699 bits per heavy atom. The molecule has 0 amide bonds. The van der Waals surface area contributed by atoms with Gasteiger partial charge in [-0.1, -0.05) is 164 Å². The van der Waals surface area contributed by atoms with Gasteiger partial charge in [0, 0.05) is 158 Å². The molecule has 0 saturated carbocycles. The number of hydrogen-bond acceptors (Lipinski definition) is 18. The van der Waals surface area contributed by atoms with E-state index < -0.39 is 23.3 Å². The van der Waals surface area contributed by atoms with E-state index in [9.17, 15) is 22.0 Å². The molecule has 30 heteroatoms. The predicted octanol–water partition coefficient (Wildman–Crippen LogP) is 26.1. The lowest BCUT2D eigenvalue weighted by atomic mass is 10.1. The normalized spacial score (nSPS) is 11.3. The number of benzene rings is 11. The van der Waals surface area contributed by atoms with Gasteiger partial charge in [0.2, 0.25) is 0 Å². The number of nitrogens with zero attached hydrogens (tertiary/aromatic N) is 18. The fourth-order valence-corrected chi connectivity index (χ4v) is 18.0. The highest BCUT2D eigenvalue weighted by Gasteiger charge is 2.26. The molecule has 8 N–H and O–H groups in total. The summed E-state index contributed by atoms with van der Waals surface area (Å²) in [4.78, 5) is 58.5. The van der Waals surface area contributed by atoms with E-state index in [1.807, 2.05) is 227 Å². The molecule has 23 nitrogen and oxygen atoms in total. The average molecular weight is 1930 g/mol. The summed E-state index contributed by atoms with van der Waals surface area (Å²) < 4.78 is 112. The van der Waals surface area contributed by atoms with Gasteiger partial charge in [-0.25, -0.2) is 95.5 Å². The summed E-state index contributed by atoms with van der Waals surface area (Å²) in [7, 11) is 1.78. The molecule has 0 aliphatic rings. The van der Waals surface area contributed by atoms with Gasteiger partial charge in [-0.3, -0.25) is 0 Å². The van der Waals surface area contributed by atoms with Crippen LogP contribution in [0.1, 0.15) is 11.3 Å². The lowest BCUT2D eigenvalue weighted by Crippen LogP contribution is -2.03. The Morgan fingerprint density at radius 3 is 1.21 bits per heavy atom. The Labute approximate surface area is 826 Å². The number of pyridine rings is 7. The molecule has 0 fully saturated rings. The maximum absolute atomic E-state index is 15.9. The number of aryl methyl sites for hydroxylation is 1. The zero-order chi connectivity index (χ0) is 99.7. The topological polar surface area (TPSA) is 294 Å². The number of rotatable bonds is 14. The highest BCUT2D eigenvalue weighted by Crippen LogP contribution is 2.41. The third-order valence-corrected chi connectivity index (χ3v) is 25.0. The first-order valence-electron chi connectivity index (χ1n) is 46.2. The van der Waals surface area contributed by atoms with Gasteiger partial charge in [0.1, 0.15) is 87.0 Å². The molecule has 0 aliphatic carbocycles. The van der Waals surface area contributed by atoms with E-state index in [-0.39, 0.29) is 28.8 Å². The molecule has 0 radical (unpaired) electrons. The molecule has 0 atom stereocenters. The highest BCUT2D eigenvalue weighted by atomic mass is 19.2. The fraction of sp³-hybridized carbons (Fsp3) is 0.0259. The van der Waals surface area contributed by atoms with Crippen LogP contribution in [0, 0.1) is 47.6 Å². The highest BCUT2D eigenvalue weighted by molar-refractivity contribution is 6.00.